The maximum atomic E-state index is 5.79. The number of aromatic nitrogens is 1. The molecule has 0 bridgehead atoms. The van der Waals surface area contributed by atoms with E-state index >= 15 is 0 Å². The van der Waals surface area contributed by atoms with Gasteiger partial charge in [-0.25, -0.2) is 4.98 Å². The van der Waals surface area contributed by atoms with Crippen LogP contribution < -0.4 is 5.32 Å². The predicted molar refractivity (Wildman–Crippen MR) is 68.8 cm³/mol. The normalized spacial score (nSPS) is 21.8. The highest BCUT2D eigenvalue weighted by atomic mass is 35.5. The van der Waals surface area contributed by atoms with Gasteiger partial charge in [0.25, 0.3) is 0 Å². The second kappa shape index (κ2) is 3.63. The van der Waals surface area contributed by atoms with Crippen molar-refractivity contribution in [1.29, 1.82) is 0 Å². The summed E-state index contributed by atoms with van der Waals surface area (Å²) in [5.74, 6) is 1.61. The first-order chi connectivity index (χ1) is 7.35. The van der Waals surface area contributed by atoms with Gasteiger partial charge in [0.2, 0.25) is 0 Å². The molecule has 0 unspecified atom stereocenters. The number of halogens is 1. The highest BCUT2D eigenvalue weighted by Gasteiger charge is 2.64. The average Bonchev–Trinajstić information content (AvgIpc) is 2.58. The van der Waals surface area contributed by atoms with Crippen LogP contribution in [-0.4, -0.2) is 11.5 Å². The maximum absolute atomic E-state index is 5.79. The fraction of sp³-hybridized carbons (Fsp3) is 0.615. The molecule has 3 heteroatoms. The van der Waals surface area contributed by atoms with Gasteiger partial charge in [0.1, 0.15) is 5.82 Å². The van der Waals surface area contributed by atoms with E-state index < -0.39 is 0 Å². The van der Waals surface area contributed by atoms with Crippen LogP contribution in [0.3, 0.4) is 0 Å². The molecule has 1 aliphatic rings. The molecule has 1 saturated carbocycles. The first-order valence-electron chi connectivity index (χ1n) is 5.71. The molecular formula is C13H19ClN2. The Labute approximate surface area is 102 Å². The third-order valence-corrected chi connectivity index (χ3v) is 4.76. The molecule has 0 saturated heterocycles. The summed E-state index contributed by atoms with van der Waals surface area (Å²) in [6.45, 7) is 10.3. The van der Waals surface area contributed by atoms with Crippen molar-refractivity contribution in [2.75, 3.05) is 11.9 Å². The van der Waals surface area contributed by atoms with Gasteiger partial charge in [0, 0.05) is 12.7 Å². The Morgan fingerprint density at radius 2 is 1.88 bits per heavy atom. The van der Waals surface area contributed by atoms with Crippen LogP contribution in [0.2, 0.25) is 5.02 Å². The molecule has 0 aliphatic heterocycles. The fourth-order valence-corrected chi connectivity index (χ4v) is 2.64. The zero-order chi connectivity index (χ0) is 12.0. The topological polar surface area (TPSA) is 24.9 Å². The molecule has 0 atom stereocenters. The Kier molecular flexibility index (Phi) is 2.66. The first kappa shape index (κ1) is 11.7. The fourth-order valence-electron chi connectivity index (χ4n) is 2.53. The molecule has 2 rings (SSSR count). The molecule has 0 aromatic carbocycles. The van der Waals surface area contributed by atoms with Crippen molar-refractivity contribution in [3.63, 3.8) is 0 Å². The zero-order valence-corrected chi connectivity index (χ0v) is 11.1. The lowest BCUT2D eigenvalue weighted by atomic mass is 10.0. The standard InChI is InChI=1S/C13H19ClN2/c1-12(2)10(13(12,3)4)8-16-11-6-5-9(14)7-15-11/h5-7,10H,8H2,1-4H3,(H,15,16). The Balaban J connectivity index is 1.93. The van der Waals surface area contributed by atoms with Crippen molar-refractivity contribution in [2.45, 2.75) is 27.7 Å². The molecule has 88 valence electrons. The van der Waals surface area contributed by atoms with Crippen LogP contribution in [0.5, 0.6) is 0 Å². The van der Waals surface area contributed by atoms with E-state index in [1.165, 1.54) is 0 Å². The Morgan fingerprint density at radius 1 is 1.25 bits per heavy atom. The van der Waals surface area contributed by atoms with Crippen molar-refractivity contribution >= 4 is 17.4 Å². The van der Waals surface area contributed by atoms with E-state index in [1.807, 2.05) is 12.1 Å². The SMILES string of the molecule is CC1(C)C(CNc2ccc(Cl)cn2)C1(C)C. The van der Waals surface area contributed by atoms with Gasteiger partial charge in [-0.05, 0) is 28.9 Å². The Hall–Kier alpha value is -0.760. The summed E-state index contributed by atoms with van der Waals surface area (Å²) >= 11 is 5.79. The Morgan fingerprint density at radius 3 is 2.31 bits per heavy atom. The van der Waals surface area contributed by atoms with Gasteiger partial charge in [-0.2, -0.15) is 0 Å². The van der Waals surface area contributed by atoms with Gasteiger partial charge in [0.15, 0.2) is 0 Å². The number of hydrogen-bond acceptors (Lipinski definition) is 2. The molecular weight excluding hydrogens is 220 g/mol. The summed E-state index contributed by atoms with van der Waals surface area (Å²) < 4.78 is 0. The van der Waals surface area contributed by atoms with Crippen LogP contribution in [-0.2, 0) is 0 Å². The molecule has 1 aromatic rings. The van der Waals surface area contributed by atoms with E-state index in [0.29, 0.717) is 21.8 Å². The monoisotopic (exact) mass is 238 g/mol. The van der Waals surface area contributed by atoms with Gasteiger partial charge in [-0.1, -0.05) is 39.3 Å². The lowest BCUT2D eigenvalue weighted by Gasteiger charge is -2.06. The zero-order valence-electron chi connectivity index (χ0n) is 10.3. The molecule has 1 aromatic heterocycles. The summed E-state index contributed by atoms with van der Waals surface area (Å²) in [6, 6.07) is 3.78. The van der Waals surface area contributed by atoms with Crippen LogP contribution >= 0.6 is 11.6 Å². The summed E-state index contributed by atoms with van der Waals surface area (Å²) in [4.78, 5) is 4.23. The number of anilines is 1. The summed E-state index contributed by atoms with van der Waals surface area (Å²) in [7, 11) is 0. The lowest BCUT2D eigenvalue weighted by molar-refractivity contribution is 0.457. The lowest BCUT2D eigenvalue weighted by Crippen LogP contribution is -2.08. The van der Waals surface area contributed by atoms with Crippen molar-refractivity contribution in [2.24, 2.45) is 16.7 Å². The van der Waals surface area contributed by atoms with Crippen molar-refractivity contribution in [1.82, 2.24) is 4.98 Å². The van der Waals surface area contributed by atoms with Gasteiger partial charge < -0.3 is 5.32 Å². The predicted octanol–water partition coefficient (Wildman–Crippen LogP) is 3.83. The minimum Gasteiger partial charge on any atom is -0.370 e. The van der Waals surface area contributed by atoms with Crippen LogP contribution in [0.1, 0.15) is 27.7 Å². The summed E-state index contributed by atoms with van der Waals surface area (Å²) in [5.41, 5.74) is 0.846. The number of pyridine rings is 1. The van der Waals surface area contributed by atoms with Crippen LogP contribution in [0.15, 0.2) is 18.3 Å². The van der Waals surface area contributed by atoms with E-state index in [4.69, 9.17) is 11.6 Å². The minimum absolute atomic E-state index is 0.423. The molecule has 0 amide bonds. The van der Waals surface area contributed by atoms with Gasteiger partial charge in [-0.3, -0.25) is 0 Å². The van der Waals surface area contributed by atoms with Gasteiger partial charge in [-0.15, -0.1) is 0 Å². The summed E-state index contributed by atoms with van der Waals surface area (Å²) in [5, 5.41) is 4.05. The van der Waals surface area contributed by atoms with Crippen LogP contribution in [0.25, 0.3) is 0 Å². The third kappa shape index (κ3) is 1.80. The van der Waals surface area contributed by atoms with Gasteiger partial charge in [0.05, 0.1) is 5.02 Å². The summed E-state index contributed by atoms with van der Waals surface area (Å²) in [6.07, 6.45) is 1.67. The van der Waals surface area contributed by atoms with Crippen LogP contribution in [0.4, 0.5) is 5.82 Å². The number of hydrogen-bond donors (Lipinski definition) is 1. The van der Waals surface area contributed by atoms with Crippen LogP contribution in [0, 0.1) is 16.7 Å². The second-order valence-electron chi connectivity index (χ2n) is 5.74. The largest absolute Gasteiger partial charge is 0.370 e. The Bertz CT molecular complexity index is 367. The molecule has 1 aliphatic carbocycles. The molecule has 2 nitrogen and oxygen atoms in total. The molecule has 16 heavy (non-hydrogen) atoms. The number of rotatable bonds is 3. The maximum Gasteiger partial charge on any atom is 0.125 e. The molecule has 1 fully saturated rings. The smallest absolute Gasteiger partial charge is 0.125 e. The van der Waals surface area contributed by atoms with Gasteiger partial charge >= 0.3 is 0 Å². The van der Waals surface area contributed by atoms with Crippen molar-refractivity contribution < 1.29 is 0 Å². The van der Waals surface area contributed by atoms with E-state index in [1.54, 1.807) is 6.20 Å². The molecule has 1 heterocycles. The second-order valence-corrected chi connectivity index (χ2v) is 6.17. The third-order valence-electron chi connectivity index (χ3n) is 4.53. The highest BCUT2D eigenvalue weighted by Crippen LogP contribution is 2.68. The molecule has 1 N–H and O–H groups in total. The minimum atomic E-state index is 0.423. The van der Waals surface area contributed by atoms with E-state index in [0.717, 1.165) is 12.4 Å². The highest BCUT2D eigenvalue weighted by molar-refractivity contribution is 6.30. The van der Waals surface area contributed by atoms with Crippen molar-refractivity contribution in [3.05, 3.63) is 23.4 Å². The van der Waals surface area contributed by atoms with E-state index in [-0.39, 0.29) is 0 Å². The molecule has 0 spiro atoms. The van der Waals surface area contributed by atoms with Crippen molar-refractivity contribution in [3.8, 4) is 0 Å². The average molecular weight is 239 g/mol. The molecule has 0 radical (unpaired) electrons. The quantitative estimate of drug-likeness (QED) is 0.866. The van der Waals surface area contributed by atoms with E-state index in [9.17, 15) is 0 Å². The van der Waals surface area contributed by atoms with E-state index in [2.05, 4.69) is 38.0 Å². The number of nitrogens with zero attached hydrogens (tertiary/aromatic N) is 1. The first-order valence-corrected chi connectivity index (χ1v) is 6.09. The number of nitrogens with one attached hydrogen (secondary N) is 1.